The highest BCUT2D eigenvalue weighted by Crippen LogP contribution is 2.59. The van der Waals surface area contributed by atoms with E-state index in [1.165, 1.54) is 0 Å². The number of hydrogen-bond acceptors (Lipinski definition) is 3. The van der Waals surface area contributed by atoms with E-state index in [1.54, 1.807) is 0 Å². The maximum Gasteiger partial charge on any atom is 0.303 e. The molecule has 3 unspecified atom stereocenters. The zero-order chi connectivity index (χ0) is 21.3. The van der Waals surface area contributed by atoms with Gasteiger partial charge in [0.15, 0.2) is 0 Å². The molecule has 10 atom stereocenters. The van der Waals surface area contributed by atoms with Crippen molar-refractivity contribution in [3.63, 3.8) is 0 Å². The molecule has 0 aromatic carbocycles. The van der Waals surface area contributed by atoms with Crippen LogP contribution in [0.1, 0.15) is 85.0 Å². The zero-order valence-corrected chi connectivity index (χ0v) is 18.4. The number of rotatable bonds is 4. The molecule has 29 heavy (non-hydrogen) atoms. The van der Waals surface area contributed by atoms with E-state index in [9.17, 15) is 19.4 Å². The summed E-state index contributed by atoms with van der Waals surface area (Å²) in [5, 5.41) is 30.2. The number of aliphatic carboxylic acids is 1. The van der Waals surface area contributed by atoms with Crippen molar-refractivity contribution < 1.29 is 24.5 Å². The van der Waals surface area contributed by atoms with Crippen molar-refractivity contribution in [1.29, 1.82) is 0 Å². The van der Waals surface area contributed by atoms with Crippen LogP contribution in [0, 0.1) is 40.9 Å². The topological polar surface area (TPSA) is 77.8 Å². The predicted octanol–water partition coefficient (Wildman–Crippen LogP) is 4.82. The predicted molar refractivity (Wildman–Crippen MR) is 111 cm³/mol. The molecule has 0 aromatic rings. The number of carboxylic acid groups (broad SMARTS) is 1. The summed E-state index contributed by atoms with van der Waals surface area (Å²) < 4.78 is 14.6. The van der Waals surface area contributed by atoms with Gasteiger partial charge in [-0.1, -0.05) is 40.0 Å². The quantitative estimate of drug-likeness (QED) is 0.619. The van der Waals surface area contributed by atoms with Crippen molar-refractivity contribution in [2.24, 2.45) is 40.9 Å². The monoisotopic (exact) mass is 412 g/mol. The fourth-order valence-electron chi connectivity index (χ4n) is 7.27. The molecule has 168 valence electrons. The lowest BCUT2D eigenvalue weighted by Gasteiger charge is -2.58. The molecule has 0 radical (unpaired) electrons. The van der Waals surface area contributed by atoms with Gasteiger partial charge >= 0.3 is 5.97 Å². The Balaban J connectivity index is 1.76. The molecule has 0 aromatic heterocycles. The number of aliphatic hydroxyl groups excluding tert-OH is 2. The van der Waals surface area contributed by atoms with E-state index in [0.29, 0.717) is 42.9 Å². The van der Waals surface area contributed by atoms with Gasteiger partial charge in [-0.05, 0) is 79.4 Å². The lowest BCUT2D eigenvalue weighted by Crippen LogP contribution is -2.56. The van der Waals surface area contributed by atoms with Crippen LogP contribution in [0.5, 0.6) is 0 Å². The number of alkyl halides is 1. The first-order chi connectivity index (χ1) is 13.6. The Morgan fingerprint density at radius 2 is 1.83 bits per heavy atom. The van der Waals surface area contributed by atoms with Gasteiger partial charge < -0.3 is 15.3 Å². The van der Waals surface area contributed by atoms with Crippen molar-refractivity contribution in [3.05, 3.63) is 0 Å². The second-order valence-electron chi connectivity index (χ2n) is 10.9. The lowest BCUT2D eigenvalue weighted by molar-refractivity contribution is -0.155. The molecule has 5 heteroatoms. The average molecular weight is 413 g/mol. The standard InChI is InChI=1S/C24H41FO4/c1-14(8-10-22(28)29)16-5-4-6-18-23(15(2)7-9-16)21(27)12-17-11-20(26)19(25)13-24(17,18)3/h14-21,23,26-27H,4-13H2,1-3H3,(H,28,29)/t14-,15?,16-,17+,18?,19-,20+,21-,23?,24+/m1/s1. The third kappa shape index (κ3) is 4.81. The minimum Gasteiger partial charge on any atom is -0.481 e. The lowest BCUT2D eigenvalue weighted by atomic mass is 9.48. The summed E-state index contributed by atoms with van der Waals surface area (Å²) in [6, 6.07) is 0. The smallest absolute Gasteiger partial charge is 0.303 e. The van der Waals surface area contributed by atoms with Gasteiger partial charge in [0.05, 0.1) is 12.2 Å². The first-order valence-corrected chi connectivity index (χ1v) is 11.9. The molecule has 3 aliphatic rings. The molecule has 0 aliphatic heterocycles. The van der Waals surface area contributed by atoms with Crippen LogP contribution in [-0.2, 0) is 4.79 Å². The Morgan fingerprint density at radius 3 is 2.52 bits per heavy atom. The number of aliphatic hydroxyl groups is 2. The van der Waals surface area contributed by atoms with Crippen LogP contribution in [0.15, 0.2) is 0 Å². The van der Waals surface area contributed by atoms with Gasteiger partial charge in [0, 0.05) is 6.42 Å². The average Bonchev–Trinajstić information content (AvgIpc) is 2.72. The molecule has 0 amide bonds. The van der Waals surface area contributed by atoms with Crippen LogP contribution in [0.2, 0.25) is 0 Å². The Hall–Kier alpha value is -0.680. The van der Waals surface area contributed by atoms with Crippen LogP contribution in [0.4, 0.5) is 4.39 Å². The van der Waals surface area contributed by atoms with E-state index in [-0.39, 0.29) is 29.8 Å². The highest BCUT2D eigenvalue weighted by atomic mass is 19.1. The molecule has 4 nitrogen and oxygen atoms in total. The summed E-state index contributed by atoms with van der Waals surface area (Å²) in [6.07, 6.45) is 5.42. The highest BCUT2D eigenvalue weighted by Gasteiger charge is 2.56. The normalized spacial score (nSPS) is 47.1. The highest BCUT2D eigenvalue weighted by molar-refractivity contribution is 5.66. The van der Waals surface area contributed by atoms with Gasteiger partial charge in [-0.15, -0.1) is 0 Å². The van der Waals surface area contributed by atoms with E-state index in [1.807, 2.05) is 0 Å². The third-order valence-corrected chi connectivity index (χ3v) is 9.15. The summed E-state index contributed by atoms with van der Waals surface area (Å²) in [5.74, 6) is 1.27. The molecule has 0 heterocycles. The van der Waals surface area contributed by atoms with Crippen molar-refractivity contribution in [2.45, 2.75) is 103 Å². The zero-order valence-electron chi connectivity index (χ0n) is 18.4. The Labute approximate surface area is 175 Å². The van der Waals surface area contributed by atoms with Crippen molar-refractivity contribution >= 4 is 5.97 Å². The maximum absolute atomic E-state index is 14.6. The third-order valence-electron chi connectivity index (χ3n) is 9.15. The van der Waals surface area contributed by atoms with Gasteiger partial charge in [-0.25, -0.2) is 4.39 Å². The van der Waals surface area contributed by atoms with E-state index in [2.05, 4.69) is 20.8 Å². The fraction of sp³-hybridized carbons (Fsp3) is 0.958. The molecule has 3 N–H and O–H groups in total. The Morgan fingerprint density at radius 1 is 1.14 bits per heavy atom. The van der Waals surface area contributed by atoms with Gasteiger partial charge in [0.2, 0.25) is 0 Å². The van der Waals surface area contributed by atoms with Gasteiger partial charge in [0.1, 0.15) is 6.17 Å². The largest absolute Gasteiger partial charge is 0.481 e. The molecule has 3 rings (SSSR count). The summed E-state index contributed by atoms with van der Waals surface area (Å²) in [5.41, 5.74) is -0.147. The second-order valence-corrected chi connectivity index (χ2v) is 10.9. The van der Waals surface area contributed by atoms with Crippen molar-refractivity contribution in [2.75, 3.05) is 0 Å². The summed E-state index contributed by atoms with van der Waals surface area (Å²) in [7, 11) is 0. The van der Waals surface area contributed by atoms with Gasteiger partial charge in [-0.2, -0.15) is 0 Å². The van der Waals surface area contributed by atoms with E-state index < -0.39 is 18.2 Å². The molecule has 3 saturated carbocycles. The summed E-state index contributed by atoms with van der Waals surface area (Å²) >= 11 is 0. The van der Waals surface area contributed by atoms with E-state index >= 15 is 0 Å². The number of carbonyl (C=O) groups is 1. The minimum atomic E-state index is -1.15. The van der Waals surface area contributed by atoms with E-state index in [4.69, 9.17) is 5.11 Å². The molecule has 0 spiro atoms. The molecule has 0 saturated heterocycles. The molecule has 3 aliphatic carbocycles. The van der Waals surface area contributed by atoms with Crippen LogP contribution in [-0.4, -0.2) is 39.7 Å². The summed E-state index contributed by atoms with van der Waals surface area (Å²) in [4.78, 5) is 11.0. The summed E-state index contributed by atoms with van der Waals surface area (Å²) in [6.45, 7) is 6.66. The van der Waals surface area contributed by atoms with Crippen LogP contribution in [0.3, 0.4) is 0 Å². The fourth-order valence-corrected chi connectivity index (χ4v) is 7.27. The van der Waals surface area contributed by atoms with Gasteiger partial charge in [0.25, 0.3) is 0 Å². The van der Waals surface area contributed by atoms with Gasteiger partial charge in [-0.3, -0.25) is 4.79 Å². The van der Waals surface area contributed by atoms with E-state index in [0.717, 1.165) is 38.5 Å². The first kappa shape index (κ1) is 23.0. The Bertz CT molecular complexity index is 569. The van der Waals surface area contributed by atoms with Crippen molar-refractivity contribution in [3.8, 4) is 0 Å². The van der Waals surface area contributed by atoms with Crippen LogP contribution >= 0.6 is 0 Å². The number of carboxylic acids is 1. The first-order valence-electron chi connectivity index (χ1n) is 11.9. The molecule has 0 bridgehead atoms. The van der Waals surface area contributed by atoms with Crippen molar-refractivity contribution in [1.82, 2.24) is 0 Å². The minimum absolute atomic E-state index is 0.147. The maximum atomic E-state index is 14.6. The second kappa shape index (κ2) is 9.21. The number of fused-ring (bicyclic) bond motifs is 3. The Kier molecular flexibility index (Phi) is 7.31. The number of hydrogen-bond donors (Lipinski definition) is 3. The van der Waals surface area contributed by atoms with Crippen LogP contribution < -0.4 is 0 Å². The van der Waals surface area contributed by atoms with Crippen LogP contribution in [0.25, 0.3) is 0 Å². The molecular formula is C24H41FO4. The molecular weight excluding hydrogens is 371 g/mol. The SMILES string of the molecule is CC1CC[C@H]([C@H](C)CCC(=O)O)CCCC2C1[C@H](O)C[C@@H]1C[C@H](O)[C@H](F)C[C@]21C. The number of halogens is 1. The molecule has 3 fully saturated rings.